The lowest BCUT2D eigenvalue weighted by Gasteiger charge is -2.35. The number of likely N-dealkylation sites (tertiary alicyclic amines) is 1. The van der Waals surface area contributed by atoms with Crippen LogP contribution in [0.4, 0.5) is 10.5 Å². The lowest BCUT2D eigenvalue weighted by Crippen LogP contribution is -2.51. The molecule has 1 aliphatic heterocycles. The van der Waals surface area contributed by atoms with Gasteiger partial charge in [-0.15, -0.1) is 0 Å². The maximum atomic E-state index is 14.0. The Kier molecular flexibility index (Phi) is 9.34. The molecule has 9 nitrogen and oxygen atoms in total. The van der Waals surface area contributed by atoms with Crippen LogP contribution in [-0.4, -0.2) is 60.3 Å². The number of carbonyl (C=O) groups is 3. The Labute approximate surface area is 269 Å². The lowest BCUT2D eigenvalue weighted by molar-refractivity contribution is -0.163. The number of carboxylic acids is 1. The van der Waals surface area contributed by atoms with Crippen LogP contribution in [0.25, 0.3) is 10.8 Å². The van der Waals surface area contributed by atoms with Gasteiger partial charge in [0.25, 0.3) is 0 Å². The normalized spacial score (nSPS) is 17.7. The minimum Gasteiger partial charge on any atom is -0.495 e. The number of esters is 1. The first-order valence-electron chi connectivity index (χ1n) is 15.4. The number of amides is 2. The second-order valence-corrected chi connectivity index (χ2v) is 12.9. The Morgan fingerprint density at radius 2 is 1.59 bits per heavy atom. The predicted octanol–water partition coefficient (Wildman–Crippen LogP) is 6.64. The number of anilines is 1. The topological polar surface area (TPSA) is 117 Å². The Hall–Kier alpha value is -4.89. The predicted molar refractivity (Wildman–Crippen MR) is 178 cm³/mol. The van der Waals surface area contributed by atoms with Gasteiger partial charge in [0.2, 0.25) is 0 Å². The van der Waals surface area contributed by atoms with Crippen molar-refractivity contribution in [2.24, 2.45) is 5.92 Å². The molecule has 46 heavy (non-hydrogen) atoms. The van der Waals surface area contributed by atoms with Crippen LogP contribution in [0.2, 0.25) is 0 Å². The number of urea groups is 1. The van der Waals surface area contributed by atoms with E-state index in [9.17, 15) is 19.5 Å². The summed E-state index contributed by atoms with van der Waals surface area (Å²) in [6, 6.07) is 28.0. The van der Waals surface area contributed by atoms with Crippen LogP contribution in [0.15, 0.2) is 91.0 Å². The average Bonchev–Trinajstić information content (AvgIpc) is 3.47. The molecule has 2 amide bonds. The third kappa shape index (κ3) is 7.00. The number of benzene rings is 4. The van der Waals surface area contributed by atoms with E-state index in [1.54, 1.807) is 4.90 Å². The highest BCUT2D eigenvalue weighted by Gasteiger charge is 2.43. The molecular formula is C37H41N3O6. The van der Waals surface area contributed by atoms with E-state index in [4.69, 9.17) is 9.47 Å². The molecule has 3 N–H and O–H groups in total. The van der Waals surface area contributed by atoms with Gasteiger partial charge < -0.3 is 24.8 Å². The van der Waals surface area contributed by atoms with Crippen molar-refractivity contribution in [3.8, 4) is 5.75 Å². The van der Waals surface area contributed by atoms with Crippen LogP contribution in [0.3, 0.4) is 0 Å². The number of fused-ring (bicyclic) bond motifs is 1. The number of ether oxygens (including phenoxy) is 2. The molecular weight excluding hydrogens is 582 g/mol. The standard InChI is InChI=1S/C37H41N3O6/c1-36(2,3)46-34(43)37(4,30-17-11-15-24-14-9-10-16-28(24)30)38-21-27-22-40(23-29(27)25-12-7-6-8-13-25)35(44)39-31-19-18-26(33(41)42)20-32(31)45-5/h6-20,27,29,38H,21-23H2,1-5H3,(H,39,44)(H,41,42)/t27-,29-,37-/m1/s1. The smallest absolute Gasteiger partial charge is 0.335 e. The molecule has 1 aliphatic rings. The first-order valence-corrected chi connectivity index (χ1v) is 15.4. The molecule has 4 aromatic carbocycles. The number of aromatic carboxylic acids is 1. The van der Waals surface area contributed by atoms with Gasteiger partial charge in [-0.05, 0) is 73.7 Å². The van der Waals surface area contributed by atoms with Crippen molar-refractivity contribution in [3.05, 3.63) is 108 Å². The van der Waals surface area contributed by atoms with Crippen molar-refractivity contribution in [2.75, 3.05) is 32.1 Å². The van der Waals surface area contributed by atoms with Gasteiger partial charge in [0, 0.05) is 25.6 Å². The second kappa shape index (κ2) is 13.2. The second-order valence-electron chi connectivity index (χ2n) is 12.9. The number of hydrogen-bond donors (Lipinski definition) is 3. The van der Waals surface area contributed by atoms with E-state index in [0.29, 0.717) is 25.3 Å². The van der Waals surface area contributed by atoms with E-state index in [2.05, 4.69) is 22.8 Å². The maximum Gasteiger partial charge on any atom is 0.335 e. The van der Waals surface area contributed by atoms with Crippen LogP contribution in [0.5, 0.6) is 5.75 Å². The van der Waals surface area contributed by atoms with E-state index >= 15 is 0 Å². The van der Waals surface area contributed by atoms with Gasteiger partial charge in [-0.1, -0.05) is 72.8 Å². The summed E-state index contributed by atoms with van der Waals surface area (Å²) in [6.45, 7) is 8.75. The number of rotatable bonds is 9. The van der Waals surface area contributed by atoms with Crippen LogP contribution in [-0.2, 0) is 15.1 Å². The molecule has 1 saturated heterocycles. The van der Waals surface area contributed by atoms with E-state index in [-0.39, 0.29) is 35.1 Å². The minimum absolute atomic E-state index is 0.00821. The van der Waals surface area contributed by atoms with Gasteiger partial charge in [0.15, 0.2) is 0 Å². The molecule has 0 aromatic heterocycles. The molecule has 0 unspecified atom stereocenters. The van der Waals surface area contributed by atoms with Crippen molar-refractivity contribution in [1.29, 1.82) is 0 Å². The SMILES string of the molecule is COc1cc(C(=O)O)ccc1NC(=O)N1C[C@@H](CN[C@@](C)(C(=O)OC(C)(C)C)c2cccc3ccccc23)[C@@H](c2ccccc2)C1. The fraction of sp³-hybridized carbons (Fsp3) is 0.324. The van der Waals surface area contributed by atoms with Gasteiger partial charge in [0.05, 0.1) is 18.4 Å². The minimum atomic E-state index is -1.18. The maximum absolute atomic E-state index is 14.0. The third-order valence-corrected chi connectivity index (χ3v) is 8.50. The summed E-state index contributed by atoms with van der Waals surface area (Å²) in [6.07, 6.45) is 0. The van der Waals surface area contributed by atoms with Crippen molar-refractivity contribution in [3.63, 3.8) is 0 Å². The average molecular weight is 624 g/mol. The molecule has 240 valence electrons. The van der Waals surface area contributed by atoms with Crippen molar-refractivity contribution in [1.82, 2.24) is 10.2 Å². The first kappa shape index (κ1) is 32.5. The molecule has 1 heterocycles. The zero-order valence-electron chi connectivity index (χ0n) is 26.9. The van der Waals surface area contributed by atoms with Crippen LogP contribution in [0, 0.1) is 5.92 Å². The monoisotopic (exact) mass is 623 g/mol. The number of methoxy groups -OCH3 is 1. The quantitative estimate of drug-likeness (QED) is 0.179. The Morgan fingerprint density at radius 3 is 2.28 bits per heavy atom. The third-order valence-electron chi connectivity index (χ3n) is 8.50. The number of carbonyl (C=O) groups excluding carboxylic acids is 2. The largest absolute Gasteiger partial charge is 0.495 e. The molecule has 4 aromatic rings. The summed E-state index contributed by atoms with van der Waals surface area (Å²) in [5.41, 5.74) is 0.486. The molecule has 0 saturated carbocycles. The number of carboxylic acid groups (broad SMARTS) is 1. The highest BCUT2D eigenvalue weighted by Crippen LogP contribution is 2.36. The molecule has 0 spiro atoms. The summed E-state index contributed by atoms with van der Waals surface area (Å²) in [4.78, 5) is 40.8. The van der Waals surface area contributed by atoms with Crippen molar-refractivity contribution < 1.29 is 29.0 Å². The number of nitrogens with one attached hydrogen (secondary N) is 2. The molecule has 0 radical (unpaired) electrons. The van der Waals surface area contributed by atoms with E-state index in [1.165, 1.54) is 25.3 Å². The van der Waals surface area contributed by atoms with Gasteiger partial charge >= 0.3 is 18.0 Å². The number of hydrogen-bond acceptors (Lipinski definition) is 6. The lowest BCUT2D eigenvalue weighted by atomic mass is 9.85. The van der Waals surface area contributed by atoms with Crippen molar-refractivity contribution in [2.45, 2.75) is 44.8 Å². The summed E-state index contributed by atoms with van der Waals surface area (Å²) in [7, 11) is 1.43. The Morgan fingerprint density at radius 1 is 0.891 bits per heavy atom. The molecule has 0 bridgehead atoms. The zero-order chi connectivity index (χ0) is 33.1. The molecule has 1 fully saturated rings. The first-order chi connectivity index (χ1) is 21.9. The summed E-state index contributed by atoms with van der Waals surface area (Å²) in [5, 5.41) is 17.8. The van der Waals surface area contributed by atoms with E-state index in [1.807, 2.05) is 88.4 Å². The van der Waals surface area contributed by atoms with E-state index in [0.717, 1.165) is 21.9 Å². The highest BCUT2D eigenvalue weighted by molar-refractivity contribution is 5.95. The van der Waals surface area contributed by atoms with Gasteiger partial charge in [-0.3, -0.25) is 5.32 Å². The summed E-state index contributed by atoms with van der Waals surface area (Å²) < 4.78 is 11.3. The molecule has 5 rings (SSSR count). The van der Waals surface area contributed by atoms with Gasteiger partial charge in [0.1, 0.15) is 16.9 Å². The Bertz CT molecular complexity index is 1730. The molecule has 0 aliphatic carbocycles. The van der Waals surface area contributed by atoms with Crippen LogP contribution < -0.4 is 15.4 Å². The number of nitrogens with zero attached hydrogens (tertiary/aromatic N) is 1. The highest BCUT2D eigenvalue weighted by atomic mass is 16.6. The fourth-order valence-electron chi connectivity index (χ4n) is 6.10. The molecule has 9 heteroatoms. The summed E-state index contributed by atoms with van der Waals surface area (Å²) in [5.74, 6) is -1.25. The van der Waals surface area contributed by atoms with Gasteiger partial charge in [-0.2, -0.15) is 0 Å². The Balaban J connectivity index is 1.43. The van der Waals surface area contributed by atoms with Crippen LogP contribution >= 0.6 is 0 Å². The zero-order valence-corrected chi connectivity index (χ0v) is 26.9. The fourth-order valence-corrected chi connectivity index (χ4v) is 6.10. The summed E-state index contributed by atoms with van der Waals surface area (Å²) >= 11 is 0. The van der Waals surface area contributed by atoms with Crippen molar-refractivity contribution >= 4 is 34.4 Å². The van der Waals surface area contributed by atoms with E-state index < -0.39 is 17.1 Å². The molecule has 3 atom stereocenters. The van der Waals surface area contributed by atoms with Crippen LogP contribution in [0.1, 0.15) is 55.1 Å². The van der Waals surface area contributed by atoms with Gasteiger partial charge in [-0.25, -0.2) is 14.4 Å².